The van der Waals surface area contributed by atoms with Crippen LogP contribution in [0.2, 0.25) is 0 Å². The van der Waals surface area contributed by atoms with Gasteiger partial charge in [-0.2, -0.15) is 0 Å². The van der Waals surface area contributed by atoms with E-state index in [1.54, 1.807) is 0 Å². The van der Waals surface area contributed by atoms with Crippen LogP contribution in [0.1, 0.15) is 85.0 Å². The van der Waals surface area contributed by atoms with Gasteiger partial charge in [0.1, 0.15) is 0 Å². The van der Waals surface area contributed by atoms with Gasteiger partial charge in [0.2, 0.25) is 0 Å². The number of anilines is 6. The molecule has 5 aliphatic carbocycles. The summed E-state index contributed by atoms with van der Waals surface area (Å²) in [6, 6.07) is 78.2. The summed E-state index contributed by atoms with van der Waals surface area (Å²) in [6.45, 7) is 9.56. The predicted molar refractivity (Wildman–Crippen MR) is 288 cm³/mol. The molecule has 0 saturated heterocycles. The van der Waals surface area contributed by atoms with E-state index in [1.807, 2.05) is 0 Å². The molecule has 5 aliphatic rings. The van der Waals surface area contributed by atoms with E-state index >= 15 is 0 Å². The Labute approximate surface area is 406 Å². The Kier molecular flexibility index (Phi) is 8.46. The number of nitrogens with zero attached hydrogens (tertiary/aromatic N) is 2. The molecular formula is C67H52N2. The average molecular weight is 885 g/mol. The van der Waals surface area contributed by atoms with Crippen molar-refractivity contribution in [3.63, 3.8) is 0 Å². The zero-order valence-corrected chi connectivity index (χ0v) is 39.6. The molecule has 1 unspecified atom stereocenters. The lowest BCUT2D eigenvalue weighted by Crippen LogP contribution is -2.28. The minimum absolute atomic E-state index is 0.158. The Hall–Kier alpha value is -7.94. The standard InChI is InChI=1S/C67H52N2/c1-65(2)55-30-16-11-25-48(55)52-37-35-45(39-60(52)65)68(43-21-7-5-8-22-43)47-41-62-64(54-29-15-20-34-59(54)67(62)57-32-18-13-27-50(57)51-28-14-19-33-58(51)67)63(42-47)69(44-23-9-6-10-24-44)46-36-38-53-49-26-12-17-31-56(49)66(3,4)61(53)40-46/h5-18,20-32,34-42H,19,33H2,1-4H3. The highest BCUT2D eigenvalue weighted by Gasteiger charge is 2.54. The Morgan fingerprint density at radius 3 is 1.39 bits per heavy atom. The Bertz CT molecular complexity index is 3680. The maximum absolute atomic E-state index is 2.58. The van der Waals surface area contributed by atoms with Gasteiger partial charge in [0.25, 0.3) is 0 Å². The highest BCUT2D eigenvalue weighted by Crippen LogP contribution is 2.67. The smallest absolute Gasteiger partial charge is 0.0690 e. The fourth-order valence-electron chi connectivity index (χ4n) is 13.5. The van der Waals surface area contributed by atoms with Crippen LogP contribution in [0, 0.1) is 0 Å². The molecule has 14 rings (SSSR count). The van der Waals surface area contributed by atoms with E-state index in [0.717, 1.165) is 41.3 Å². The van der Waals surface area contributed by atoms with Crippen molar-refractivity contribution in [1.82, 2.24) is 0 Å². The van der Waals surface area contributed by atoms with Gasteiger partial charge in [-0.25, -0.2) is 0 Å². The quantitative estimate of drug-likeness (QED) is 0.164. The first-order chi connectivity index (χ1) is 33.8. The van der Waals surface area contributed by atoms with Crippen molar-refractivity contribution >= 4 is 39.7 Å². The molecule has 0 aromatic heterocycles. The third-order valence-electron chi connectivity index (χ3n) is 16.5. The van der Waals surface area contributed by atoms with E-state index in [4.69, 9.17) is 0 Å². The molecule has 330 valence electrons. The van der Waals surface area contributed by atoms with E-state index in [1.165, 1.54) is 94.7 Å². The van der Waals surface area contributed by atoms with Gasteiger partial charge in [0.15, 0.2) is 0 Å². The molecule has 0 heterocycles. The molecule has 0 saturated carbocycles. The van der Waals surface area contributed by atoms with Gasteiger partial charge in [-0.05, 0) is 157 Å². The highest BCUT2D eigenvalue weighted by molar-refractivity contribution is 6.04. The maximum atomic E-state index is 2.58. The molecule has 0 fully saturated rings. The molecular weight excluding hydrogens is 833 g/mol. The van der Waals surface area contributed by atoms with Crippen LogP contribution < -0.4 is 9.80 Å². The van der Waals surface area contributed by atoms with Crippen molar-refractivity contribution in [1.29, 1.82) is 0 Å². The molecule has 2 nitrogen and oxygen atoms in total. The second-order valence-electron chi connectivity index (χ2n) is 20.7. The number of rotatable bonds is 6. The molecule has 1 atom stereocenters. The van der Waals surface area contributed by atoms with Crippen molar-refractivity contribution in [2.24, 2.45) is 0 Å². The van der Waals surface area contributed by atoms with Gasteiger partial charge in [-0.1, -0.05) is 185 Å². The fraction of sp³-hybridized carbons (Fsp3) is 0.134. The normalized spacial score (nSPS) is 17.6. The molecule has 0 N–H and O–H groups in total. The Morgan fingerprint density at radius 1 is 0.348 bits per heavy atom. The lowest BCUT2D eigenvalue weighted by Gasteiger charge is -2.36. The molecule has 9 aromatic carbocycles. The number of allylic oxidation sites excluding steroid dienone is 4. The van der Waals surface area contributed by atoms with Crippen molar-refractivity contribution in [3.05, 3.63) is 268 Å². The van der Waals surface area contributed by atoms with E-state index in [2.05, 4.69) is 256 Å². The van der Waals surface area contributed by atoms with Crippen LogP contribution in [0.15, 0.2) is 224 Å². The zero-order chi connectivity index (χ0) is 46.2. The van der Waals surface area contributed by atoms with Gasteiger partial charge in [-0.15, -0.1) is 0 Å². The second-order valence-corrected chi connectivity index (χ2v) is 20.7. The van der Waals surface area contributed by atoms with Gasteiger partial charge < -0.3 is 9.80 Å². The number of fused-ring (bicyclic) bond motifs is 15. The van der Waals surface area contributed by atoms with Gasteiger partial charge >= 0.3 is 0 Å². The zero-order valence-electron chi connectivity index (χ0n) is 39.6. The van der Waals surface area contributed by atoms with Crippen LogP contribution >= 0.6 is 0 Å². The van der Waals surface area contributed by atoms with Gasteiger partial charge in [0.05, 0.1) is 11.1 Å². The summed E-state index contributed by atoms with van der Waals surface area (Å²) in [7, 11) is 0. The topological polar surface area (TPSA) is 6.48 Å². The third kappa shape index (κ3) is 5.43. The van der Waals surface area contributed by atoms with Gasteiger partial charge in [0, 0.05) is 44.8 Å². The van der Waals surface area contributed by atoms with Crippen LogP contribution in [-0.2, 0) is 16.2 Å². The number of benzene rings is 9. The van der Waals surface area contributed by atoms with Crippen LogP contribution in [0.3, 0.4) is 0 Å². The Morgan fingerprint density at radius 2 is 0.797 bits per heavy atom. The maximum Gasteiger partial charge on any atom is 0.0690 e. The lowest BCUT2D eigenvalue weighted by molar-refractivity contribution is 0.660. The molecule has 0 bridgehead atoms. The van der Waals surface area contributed by atoms with Crippen LogP contribution in [-0.4, -0.2) is 0 Å². The van der Waals surface area contributed by atoms with Crippen molar-refractivity contribution in [3.8, 4) is 33.4 Å². The average Bonchev–Trinajstić information content (AvgIpc) is 4.02. The predicted octanol–water partition coefficient (Wildman–Crippen LogP) is 17.7. The summed E-state index contributed by atoms with van der Waals surface area (Å²) in [5, 5.41) is 0. The van der Waals surface area contributed by atoms with E-state index in [-0.39, 0.29) is 10.8 Å². The summed E-state index contributed by atoms with van der Waals surface area (Å²) in [5.41, 5.74) is 27.7. The summed E-state index contributed by atoms with van der Waals surface area (Å²) in [4.78, 5) is 5.10. The number of para-hydroxylation sites is 2. The Balaban J connectivity index is 1.10. The number of hydrogen-bond donors (Lipinski definition) is 0. The fourth-order valence-corrected chi connectivity index (χ4v) is 13.5. The second kappa shape index (κ2) is 14.5. The van der Waals surface area contributed by atoms with E-state index in [9.17, 15) is 0 Å². The minimum atomic E-state index is -0.485. The molecule has 69 heavy (non-hydrogen) atoms. The van der Waals surface area contributed by atoms with Crippen LogP contribution in [0.5, 0.6) is 0 Å². The van der Waals surface area contributed by atoms with Crippen molar-refractivity contribution in [2.75, 3.05) is 9.80 Å². The third-order valence-corrected chi connectivity index (χ3v) is 16.5. The summed E-state index contributed by atoms with van der Waals surface area (Å²) in [6.07, 6.45) is 6.82. The first-order valence-electron chi connectivity index (χ1n) is 24.7. The summed E-state index contributed by atoms with van der Waals surface area (Å²) >= 11 is 0. The molecule has 1 spiro atoms. The minimum Gasteiger partial charge on any atom is -0.310 e. The highest BCUT2D eigenvalue weighted by atomic mass is 15.2. The molecule has 9 aromatic rings. The molecule has 2 heteroatoms. The van der Waals surface area contributed by atoms with E-state index < -0.39 is 5.41 Å². The van der Waals surface area contributed by atoms with Crippen LogP contribution in [0.4, 0.5) is 34.1 Å². The van der Waals surface area contributed by atoms with Crippen LogP contribution in [0.25, 0.3) is 39.0 Å². The molecule has 0 amide bonds. The van der Waals surface area contributed by atoms with Crippen molar-refractivity contribution in [2.45, 2.75) is 56.8 Å². The largest absolute Gasteiger partial charge is 0.310 e. The molecule has 0 radical (unpaired) electrons. The monoisotopic (exact) mass is 884 g/mol. The van der Waals surface area contributed by atoms with Crippen molar-refractivity contribution < 1.29 is 0 Å². The first kappa shape index (κ1) is 40.2. The number of hydrogen-bond acceptors (Lipinski definition) is 2. The van der Waals surface area contributed by atoms with E-state index in [0.29, 0.717) is 0 Å². The first-order valence-corrected chi connectivity index (χ1v) is 24.7. The van der Waals surface area contributed by atoms with Gasteiger partial charge in [-0.3, -0.25) is 0 Å². The molecule has 0 aliphatic heterocycles. The summed E-state index contributed by atoms with van der Waals surface area (Å²) < 4.78 is 0. The lowest BCUT2D eigenvalue weighted by atomic mass is 9.68. The summed E-state index contributed by atoms with van der Waals surface area (Å²) in [5.74, 6) is 0. The SMILES string of the molecule is CC1(C)c2ccccc2-c2ccc(N(c3ccccc3)c3cc(N(c4ccccc4)c4ccc5c(c4)C(C)(C)c4ccccc4-5)c4c(c3)C3(C5=C(C=CCC5)c5ccccc53)c3ccccc3-4)cc21.